The summed E-state index contributed by atoms with van der Waals surface area (Å²) in [6, 6.07) is 24.8. The van der Waals surface area contributed by atoms with E-state index >= 15 is 0 Å². The van der Waals surface area contributed by atoms with Crippen LogP contribution in [0.3, 0.4) is 0 Å². The van der Waals surface area contributed by atoms with Crippen molar-refractivity contribution in [3.63, 3.8) is 0 Å². The number of carbonyl (C=O) groups is 1. The van der Waals surface area contributed by atoms with E-state index in [1.165, 1.54) is 16.7 Å². The lowest BCUT2D eigenvalue weighted by Gasteiger charge is -2.37. The van der Waals surface area contributed by atoms with Crippen LogP contribution in [0.4, 0.5) is 5.69 Å². The number of rotatable bonds is 5. The molecule has 164 valence electrons. The largest absolute Gasteiger partial charge is 0.369 e. The lowest BCUT2D eigenvalue weighted by molar-refractivity contribution is 0.0727. The zero-order chi connectivity index (χ0) is 21.9. The van der Waals surface area contributed by atoms with Crippen molar-refractivity contribution >= 4 is 23.2 Å². The Morgan fingerprint density at radius 3 is 2.22 bits per heavy atom. The maximum absolute atomic E-state index is 13.2. The Labute approximate surface area is 195 Å². The number of benzene rings is 3. The molecule has 0 saturated carbocycles. The molecule has 3 aromatic carbocycles. The lowest BCUT2D eigenvalue weighted by atomic mass is 9.97. The van der Waals surface area contributed by atoms with Crippen molar-refractivity contribution in [2.24, 2.45) is 0 Å². The third-order valence-corrected chi connectivity index (χ3v) is 6.79. The molecule has 1 amide bonds. The minimum absolute atomic E-state index is 0.151. The summed E-state index contributed by atoms with van der Waals surface area (Å²) in [5, 5.41) is 0.780. The summed E-state index contributed by atoms with van der Waals surface area (Å²) >= 11 is 6.00. The minimum Gasteiger partial charge on any atom is -0.369 e. The predicted molar refractivity (Wildman–Crippen MR) is 130 cm³/mol. The van der Waals surface area contributed by atoms with Gasteiger partial charge in [0, 0.05) is 62.1 Å². The van der Waals surface area contributed by atoms with E-state index in [4.69, 9.17) is 11.6 Å². The predicted octanol–water partition coefficient (Wildman–Crippen LogP) is 4.86. The molecule has 1 saturated heterocycles. The molecule has 0 aromatic heterocycles. The smallest absolute Gasteiger partial charge is 0.254 e. The van der Waals surface area contributed by atoms with E-state index in [0.29, 0.717) is 6.54 Å². The van der Waals surface area contributed by atoms with Crippen molar-refractivity contribution < 1.29 is 4.79 Å². The van der Waals surface area contributed by atoms with Gasteiger partial charge < -0.3 is 9.80 Å². The van der Waals surface area contributed by atoms with E-state index in [1.807, 2.05) is 35.2 Å². The van der Waals surface area contributed by atoms with Gasteiger partial charge in [-0.3, -0.25) is 9.69 Å². The van der Waals surface area contributed by atoms with Crippen LogP contribution in [-0.2, 0) is 19.5 Å². The molecular weight excluding hydrogens is 418 g/mol. The van der Waals surface area contributed by atoms with Gasteiger partial charge in [0.2, 0.25) is 0 Å². The summed E-state index contributed by atoms with van der Waals surface area (Å²) in [5.74, 6) is 0.151. The highest BCUT2D eigenvalue weighted by Gasteiger charge is 2.26. The number of halogens is 1. The van der Waals surface area contributed by atoms with Crippen LogP contribution in [0.2, 0.25) is 5.02 Å². The number of anilines is 1. The van der Waals surface area contributed by atoms with Gasteiger partial charge in [-0.05, 0) is 47.4 Å². The second kappa shape index (κ2) is 9.35. The summed E-state index contributed by atoms with van der Waals surface area (Å²) in [6.07, 6.45) is 0.920. The van der Waals surface area contributed by atoms with Crippen LogP contribution in [0.5, 0.6) is 0 Å². The van der Waals surface area contributed by atoms with Crippen LogP contribution in [0.1, 0.15) is 27.0 Å². The normalized spacial score (nSPS) is 16.8. The van der Waals surface area contributed by atoms with E-state index < -0.39 is 0 Å². The van der Waals surface area contributed by atoms with Crippen molar-refractivity contribution in [3.8, 4) is 0 Å². The van der Waals surface area contributed by atoms with Gasteiger partial charge in [-0.15, -0.1) is 0 Å². The molecule has 32 heavy (non-hydrogen) atoms. The number of hydrogen-bond donors (Lipinski definition) is 0. The second-order valence-electron chi connectivity index (χ2n) is 8.69. The molecule has 1 fully saturated rings. The van der Waals surface area contributed by atoms with Crippen LogP contribution in [0.15, 0.2) is 72.8 Å². The highest BCUT2D eigenvalue weighted by molar-refractivity contribution is 6.30. The first-order valence-electron chi connectivity index (χ1n) is 11.3. The first-order chi connectivity index (χ1) is 15.7. The van der Waals surface area contributed by atoms with Gasteiger partial charge in [-0.25, -0.2) is 0 Å². The summed E-state index contributed by atoms with van der Waals surface area (Å²) in [7, 11) is 0. The number of hydrogen-bond acceptors (Lipinski definition) is 3. The number of amides is 1. The Hall–Kier alpha value is -2.82. The molecule has 5 heteroatoms. The molecular formula is C27H28ClN3O. The molecule has 0 bridgehead atoms. The van der Waals surface area contributed by atoms with E-state index in [1.54, 1.807) is 0 Å². The van der Waals surface area contributed by atoms with Crippen molar-refractivity contribution in [2.75, 3.05) is 37.6 Å². The van der Waals surface area contributed by atoms with Crippen LogP contribution >= 0.6 is 11.6 Å². The average molecular weight is 446 g/mol. The third kappa shape index (κ3) is 4.67. The molecule has 0 aliphatic carbocycles. The Morgan fingerprint density at radius 1 is 0.750 bits per heavy atom. The molecule has 0 spiro atoms. The highest BCUT2D eigenvalue weighted by atomic mass is 35.5. The highest BCUT2D eigenvalue weighted by Crippen LogP contribution is 2.27. The fourth-order valence-corrected chi connectivity index (χ4v) is 4.80. The number of piperazine rings is 1. The molecule has 0 N–H and O–H groups in total. The van der Waals surface area contributed by atoms with Crippen LogP contribution < -0.4 is 4.90 Å². The molecule has 0 radical (unpaired) electrons. The van der Waals surface area contributed by atoms with Crippen LogP contribution in [-0.4, -0.2) is 48.4 Å². The van der Waals surface area contributed by atoms with Crippen LogP contribution in [0, 0.1) is 0 Å². The van der Waals surface area contributed by atoms with Crippen LogP contribution in [0.25, 0.3) is 0 Å². The molecule has 4 nitrogen and oxygen atoms in total. The summed E-state index contributed by atoms with van der Waals surface area (Å²) in [5.41, 5.74) is 5.67. The molecule has 2 heterocycles. The summed E-state index contributed by atoms with van der Waals surface area (Å²) in [4.78, 5) is 20.1. The first kappa shape index (κ1) is 21.0. The Morgan fingerprint density at radius 2 is 1.47 bits per heavy atom. The fraction of sp³-hybridized carbons (Fsp3) is 0.296. The molecule has 0 unspecified atom stereocenters. The van der Waals surface area contributed by atoms with Crippen molar-refractivity contribution in [1.82, 2.24) is 9.80 Å². The SMILES string of the molecule is O=C1c2cc(N3CCN(Cc4ccc(Cl)cc4)CC3)ccc2CCN1Cc1ccccc1. The Bertz CT molecular complexity index is 1080. The topological polar surface area (TPSA) is 26.8 Å². The first-order valence-corrected chi connectivity index (χ1v) is 11.7. The van der Waals surface area contributed by atoms with Gasteiger partial charge in [0.25, 0.3) is 5.91 Å². The zero-order valence-corrected chi connectivity index (χ0v) is 19.0. The van der Waals surface area contributed by atoms with E-state index in [9.17, 15) is 4.79 Å². The standard InChI is InChI=1S/C27H28ClN3O/c28-24-9-6-22(7-10-24)19-29-14-16-30(17-15-29)25-11-8-23-12-13-31(27(32)26(23)18-25)20-21-4-2-1-3-5-21/h1-11,18H,12-17,19-20H2. The van der Waals surface area contributed by atoms with Crippen molar-refractivity contribution in [2.45, 2.75) is 19.5 Å². The van der Waals surface area contributed by atoms with Gasteiger partial charge in [-0.2, -0.15) is 0 Å². The van der Waals surface area contributed by atoms with Gasteiger partial charge in [0.15, 0.2) is 0 Å². The molecule has 5 rings (SSSR count). The summed E-state index contributed by atoms with van der Waals surface area (Å²) in [6.45, 7) is 6.35. The molecule has 2 aliphatic heterocycles. The molecule has 0 atom stereocenters. The van der Waals surface area contributed by atoms with Crippen molar-refractivity contribution in [3.05, 3.63) is 100 Å². The number of carbonyl (C=O) groups excluding carboxylic acids is 1. The van der Waals surface area contributed by atoms with E-state index in [-0.39, 0.29) is 5.91 Å². The average Bonchev–Trinajstić information content (AvgIpc) is 2.83. The molecule has 2 aliphatic rings. The third-order valence-electron chi connectivity index (χ3n) is 6.54. The lowest BCUT2D eigenvalue weighted by Crippen LogP contribution is -2.46. The van der Waals surface area contributed by atoms with Gasteiger partial charge in [0.1, 0.15) is 0 Å². The maximum atomic E-state index is 13.2. The Balaban J connectivity index is 1.23. The van der Waals surface area contributed by atoms with Gasteiger partial charge in [0.05, 0.1) is 0 Å². The Kier molecular flexibility index (Phi) is 6.15. The minimum atomic E-state index is 0.151. The van der Waals surface area contributed by atoms with Crippen molar-refractivity contribution in [1.29, 1.82) is 0 Å². The molecule has 3 aromatic rings. The van der Waals surface area contributed by atoms with E-state index in [2.05, 4.69) is 52.3 Å². The number of fused-ring (bicyclic) bond motifs is 1. The quantitative estimate of drug-likeness (QED) is 0.561. The number of nitrogens with zero attached hydrogens (tertiary/aromatic N) is 3. The van der Waals surface area contributed by atoms with E-state index in [0.717, 1.165) is 62.0 Å². The second-order valence-corrected chi connectivity index (χ2v) is 9.13. The zero-order valence-electron chi connectivity index (χ0n) is 18.2. The monoisotopic (exact) mass is 445 g/mol. The van der Waals surface area contributed by atoms with Gasteiger partial charge >= 0.3 is 0 Å². The van der Waals surface area contributed by atoms with Gasteiger partial charge in [-0.1, -0.05) is 60.1 Å². The fourth-order valence-electron chi connectivity index (χ4n) is 4.67. The maximum Gasteiger partial charge on any atom is 0.254 e. The summed E-state index contributed by atoms with van der Waals surface area (Å²) < 4.78 is 0.